The van der Waals surface area contributed by atoms with Gasteiger partial charge in [-0.25, -0.2) is 4.79 Å². The molecule has 11 heteroatoms. The van der Waals surface area contributed by atoms with Crippen molar-refractivity contribution in [3.63, 3.8) is 0 Å². The molecular weight excluding hydrogens is 480 g/mol. The van der Waals surface area contributed by atoms with Crippen LogP contribution < -0.4 is 16.4 Å². The molecule has 2 heterocycles. The summed E-state index contributed by atoms with van der Waals surface area (Å²) in [4.78, 5) is 40.9. The molecule has 0 aromatic heterocycles. The highest BCUT2D eigenvalue weighted by atomic mass is 33.1. The zero-order valence-electron chi connectivity index (χ0n) is 19.0. The maximum absolute atomic E-state index is 13.6. The summed E-state index contributed by atoms with van der Waals surface area (Å²) in [5, 5.41) is 6.14. The topological polar surface area (TPSA) is 114 Å². The number of nitrogens with zero attached hydrogens (tertiary/aromatic N) is 1. The molecule has 1 aromatic carbocycles. The van der Waals surface area contributed by atoms with Crippen molar-refractivity contribution in [3.05, 3.63) is 35.4 Å². The number of amides is 2. The summed E-state index contributed by atoms with van der Waals surface area (Å²) >= 11 is 1.59. The second kappa shape index (κ2) is 12.9. The largest absolute Gasteiger partial charge is 0.467 e. The number of carbonyl (C=O) groups excluding carboxylic acids is 3. The van der Waals surface area contributed by atoms with Crippen molar-refractivity contribution >= 4 is 51.1 Å². The number of rotatable bonds is 7. The molecule has 4 unspecified atom stereocenters. The van der Waals surface area contributed by atoms with Crippen LogP contribution in [0.15, 0.2) is 24.3 Å². The van der Waals surface area contributed by atoms with Crippen LogP contribution in [0.4, 0.5) is 0 Å². The van der Waals surface area contributed by atoms with Crippen LogP contribution in [0.2, 0.25) is 0 Å². The number of nitrogens with one attached hydrogen (secondary N) is 2. The molecule has 3 rings (SSSR count). The Morgan fingerprint density at radius 2 is 2.00 bits per heavy atom. The first-order chi connectivity index (χ1) is 15.9. The molecule has 1 saturated heterocycles. The molecule has 8 nitrogen and oxygen atoms in total. The van der Waals surface area contributed by atoms with Gasteiger partial charge in [-0.3, -0.25) is 9.59 Å². The summed E-state index contributed by atoms with van der Waals surface area (Å²) in [6, 6.07) is 5.96. The molecule has 1 fully saturated rings. The van der Waals surface area contributed by atoms with Crippen LogP contribution in [0.3, 0.4) is 0 Å². The van der Waals surface area contributed by atoms with Crippen LogP contribution in [0.1, 0.15) is 17.5 Å². The highest BCUT2D eigenvalue weighted by Crippen LogP contribution is 2.28. The van der Waals surface area contributed by atoms with Crippen molar-refractivity contribution in [2.24, 2.45) is 5.73 Å². The minimum Gasteiger partial charge on any atom is -0.467 e. The minimum absolute atomic E-state index is 0.0310. The van der Waals surface area contributed by atoms with Crippen LogP contribution in [0, 0.1) is 0 Å². The standard InChI is InChI=1S/C22H32N4O4S3/c1-30-22(29)17(7-8-31-2)25-20(27)19-9-14-5-3-4-6-15(14)11-26(19)21(28)18-13-33-32-12-16(23)10-24-18/h3-6,16-19,24H,7-13,23H2,1-2H3,(H,25,27). The number of benzene rings is 1. The van der Waals surface area contributed by atoms with E-state index in [1.807, 2.05) is 30.5 Å². The molecule has 0 aliphatic carbocycles. The molecule has 4 N–H and O–H groups in total. The van der Waals surface area contributed by atoms with E-state index in [0.29, 0.717) is 37.4 Å². The maximum atomic E-state index is 13.6. The Hall–Kier alpha value is -1.40. The van der Waals surface area contributed by atoms with Crippen LogP contribution >= 0.6 is 33.3 Å². The van der Waals surface area contributed by atoms with Gasteiger partial charge in [-0.15, -0.1) is 0 Å². The van der Waals surface area contributed by atoms with Gasteiger partial charge < -0.3 is 26.0 Å². The molecule has 0 radical (unpaired) electrons. The highest BCUT2D eigenvalue weighted by molar-refractivity contribution is 8.76. The van der Waals surface area contributed by atoms with Crippen molar-refractivity contribution in [3.8, 4) is 0 Å². The number of ether oxygens (including phenoxy) is 1. The third kappa shape index (κ3) is 7.05. The summed E-state index contributed by atoms with van der Waals surface area (Å²) in [6.07, 6.45) is 2.81. The van der Waals surface area contributed by atoms with Crippen LogP contribution in [-0.2, 0) is 32.1 Å². The molecule has 0 bridgehead atoms. The van der Waals surface area contributed by atoms with E-state index in [-0.39, 0.29) is 17.9 Å². The molecule has 2 amide bonds. The minimum atomic E-state index is -0.742. The lowest BCUT2D eigenvalue weighted by atomic mass is 9.92. The van der Waals surface area contributed by atoms with E-state index in [4.69, 9.17) is 10.5 Å². The van der Waals surface area contributed by atoms with E-state index < -0.39 is 24.1 Å². The number of esters is 1. The Bertz CT molecular complexity index is 844. The highest BCUT2D eigenvalue weighted by Gasteiger charge is 2.39. The molecule has 33 heavy (non-hydrogen) atoms. The third-order valence-corrected chi connectivity index (χ3v) is 8.93. The lowest BCUT2D eigenvalue weighted by Gasteiger charge is -2.39. The van der Waals surface area contributed by atoms with Gasteiger partial charge in [0.05, 0.1) is 13.2 Å². The van der Waals surface area contributed by atoms with Gasteiger partial charge >= 0.3 is 5.97 Å². The lowest BCUT2D eigenvalue weighted by Crippen LogP contribution is -2.60. The first-order valence-electron chi connectivity index (χ1n) is 10.9. The van der Waals surface area contributed by atoms with E-state index in [1.54, 1.807) is 38.2 Å². The second-order valence-corrected chi connectivity index (χ2v) is 11.6. The van der Waals surface area contributed by atoms with E-state index >= 15 is 0 Å². The lowest BCUT2D eigenvalue weighted by molar-refractivity contribution is -0.147. The molecule has 0 spiro atoms. The van der Waals surface area contributed by atoms with Gasteiger partial charge in [-0.05, 0) is 29.6 Å². The van der Waals surface area contributed by atoms with E-state index in [0.717, 1.165) is 16.9 Å². The summed E-state index contributed by atoms with van der Waals surface area (Å²) in [5.41, 5.74) is 8.16. The molecular formula is C22H32N4O4S3. The first-order valence-corrected chi connectivity index (χ1v) is 14.8. The van der Waals surface area contributed by atoms with E-state index in [9.17, 15) is 14.4 Å². The fourth-order valence-electron chi connectivity index (χ4n) is 3.91. The van der Waals surface area contributed by atoms with Gasteiger partial charge in [-0.1, -0.05) is 45.9 Å². The van der Waals surface area contributed by atoms with Gasteiger partial charge in [0.2, 0.25) is 11.8 Å². The van der Waals surface area contributed by atoms with Crippen molar-refractivity contribution in [1.82, 2.24) is 15.5 Å². The van der Waals surface area contributed by atoms with Gasteiger partial charge in [0, 0.05) is 37.1 Å². The monoisotopic (exact) mass is 512 g/mol. The van der Waals surface area contributed by atoms with Crippen molar-refractivity contribution < 1.29 is 19.1 Å². The maximum Gasteiger partial charge on any atom is 0.328 e. The van der Waals surface area contributed by atoms with Gasteiger partial charge in [0.25, 0.3) is 0 Å². The first kappa shape index (κ1) is 26.2. The number of hydrogen-bond donors (Lipinski definition) is 3. The SMILES string of the molecule is COC(=O)C(CCSC)NC(=O)C1Cc2ccccc2CN1C(=O)C1CSSCC(N)CN1. The normalized spacial score (nSPS) is 24.1. The predicted octanol–water partition coefficient (Wildman–Crippen LogP) is 1.03. The number of hydrogen-bond acceptors (Lipinski definition) is 9. The Morgan fingerprint density at radius 1 is 1.27 bits per heavy atom. The Labute approximate surface area is 207 Å². The smallest absolute Gasteiger partial charge is 0.328 e. The predicted molar refractivity (Wildman–Crippen MR) is 136 cm³/mol. The second-order valence-electron chi connectivity index (χ2n) is 8.11. The average molecular weight is 513 g/mol. The quantitative estimate of drug-likeness (QED) is 0.364. The molecule has 0 saturated carbocycles. The fourth-order valence-corrected chi connectivity index (χ4v) is 6.77. The van der Waals surface area contributed by atoms with Crippen LogP contribution in [0.25, 0.3) is 0 Å². The molecule has 2 aliphatic rings. The molecule has 4 atom stereocenters. The van der Waals surface area contributed by atoms with Crippen molar-refractivity contribution in [1.29, 1.82) is 0 Å². The number of thioether (sulfide) groups is 1. The summed E-state index contributed by atoms with van der Waals surface area (Å²) in [7, 11) is 4.60. The number of methoxy groups -OCH3 is 1. The number of nitrogens with two attached hydrogens (primary N) is 1. The Morgan fingerprint density at radius 3 is 2.73 bits per heavy atom. The number of carbonyl (C=O) groups is 3. The van der Waals surface area contributed by atoms with Gasteiger partial charge in [0.1, 0.15) is 12.1 Å². The summed E-state index contributed by atoms with van der Waals surface area (Å²) in [5.74, 6) is 1.20. The fraction of sp³-hybridized carbons (Fsp3) is 0.591. The summed E-state index contributed by atoms with van der Waals surface area (Å²) < 4.78 is 4.89. The van der Waals surface area contributed by atoms with Crippen molar-refractivity contribution in [2.45, 2.75) is 43.6 Å². The molecule has 182 valence electrons. The van der Waals surface area contributed by atoms with E-state index in [1.165, 1.54) is 7.11 Å². The summed E-state index contributed by atoms with van der Waals surface area (Å²) in [6.45, 7) is 0.896. The Balaban J connectivity index is 1.82. The Kier molecular flexibility index (Phi) is 10.2. The third-order valence-electron chi connectivity index (χ3n) is 5.77. The average Bonchev–Trinajstić information content (AvgIpc) is 2.82. The number of fused-ring (bicyclic) bond motifs is 1. The zero-order chi connectivity index (χ0) is 23.8. The van der Waals surface area contributed by atoms with E-state index in [2.05, 4.69) is 10.6 Å². The van der Waals surface area contributed by atoms with Crippen molar-refractivity contribution in [2.75, 3.05) is 37.2 Å². The van der Waals surface area contributed by atoms with Crippen LogP contribution in [0.5, 0.6) is 0 Å². The van der Waals surface area contributed by atoms with Gasteiger partial charge in [-0.2, -0.15) is 11.8 Å². The molecule has 1 aromatic rings. The zero-order valence-corrected chi connectivity index (χ0v) is 21.4. The molecule has 2 aliphatic heterocycles. The van der Waals surface area contributed by atoms with Gasteiger partial charge in [0.15, 0.2) is 0 Å². The van der Waals surface area contributed by atoms with Crippen LogP contribution in [-0.4, -0.2) is 84.0 Å².